The number of nitrogens with zero attached hydrogens (tertiary/aromatic N) is 1. The minimum absolute atomic E-state index is 0.0499. The van der Waals surface area contributed by atoms with E-state index in [-0.39, 0.29) is 18.4 Å². The molecule has 2 saturated carbocycles. The quantitative estimate of drug-likeness (QED) is 0.798. The first kappa shape index (κ1) is 12.6. The van der Waals surface area contributed by atoms with E-state index in [0.29, 0.717) is 17.5 Å². The molecule has 2 bridgehead atoms. The Morgan fingerprint density at radius 3 is 2.23 bits per heavy atom. The van der Waals surface area contributed by atoms with Gasteiger partial charge in [-0.15, -0.1) is 0 Å². The Kier molecular flexibility index (Phi) is 2.33. The average molecular weight is 297 g/mol. The summed E-state index contributed by atoms with van der Waals surface area (Å²) in [6.07, 6.45) is 3.52. The topological polar surface area (TPSA) is 65.6 Å². The van der Waals surface area contributed by atoms with Crippen molar-refractivity contribution in [1.29, 1.82) is 0 Å². The molecular weight excluding hydrogens is 278 g/mol. The lowest BCUT2D eigenvalue weighted by molar-refractivity contribution is 0.281. The highest BCUT2D eigenvalue weighted by molar-refractivity contribution is 5.59. The van der Waals surface area contributed by atoms with Crippen LogP contribution in [0.4, 0.5) is 0 Å². The van der Waals surface area contributed by atoms with E-state index in [0.717, 1.165) is 41.4 Å². The van der Waals surface area contributed by atoms with Crippen LogP contribution in [0.15, 0.2) is 24.3 Å². The third kappa shape index (κ3) is 1.41. The van der Waals surface area contributed by atoms with Gasteiger partial charge in [-0.3, -0.25) is 4.57 Å². The van der Waals surface area contributed by atoms with Crippen LogP contribution in [0.2, 0.25) is 0 Å². The highest BCUT2D eigenvalue weighted by atomic mass is 16.3. The maximum absolute atomic E-state index is 10.8. The largest absolute Gasteiger partial charge is 0.494 e. The number of aromatic hydroxyl groups is 2. The molecule has 4 aliphatic carbocycles. The predicted molar refractivity (Wildman–Crippen MR) is 81.3 cm³/mol. The third-order valence-electron chi connectivity index (χ3n) is 6.00. The summed E-state index contributed by atoms with van der Waals surface area (Å²) in [5.41, 5.74) is 3.46. The molecule has 0 unspecified atom stereocenters. The van der Waals surface area contributed by atoms with Crippen molar-refractivity contribution in [3.05, 3.63) is 41.0 Å². The molecule has 0 aliphatic heterocycles. The third-order valence-corrected chi connectivity index (χ3v) is 6.00. The van der Waals surface area contributed by atoms with Gasteiger partial charge in [-0.1, -0.05) is 12.1 Å². The van der Waals surface area contributed by atoms with Gasteiger partial charge in [0.1, 0.15) is 0 Å². The van der Waals surface area contributed by atoms with Gasteiger partial charge in [0.15, 0.2) is 0 Å². The van der Waals surface area contributed by atoms with Gasteiger partial charge in [0, 0.05) is 11.1 Å². The number of hydrogen-bond acceptors (Lipinski definition) is 3. The van der Waals surface area contributed by atoms with Crippen molar-refractivity contribution in [3.8, 4) is 17.4 Å². The van der Waals surface area contributed by atoms with Gasteiger partial charge in [-0.2, -0.15) is 0 Å². The van der Waals surface area contributed by atoms with Gasteiger partial charge >= 0.3 is 0 Å². The summed E-state index contributed by atoms with van der Waals surface area (Å²) >= 11 is 0. The van der Waals surface area contributed by atoms with Crippen LogP contribution in [0, 0.1) is 11.8 Å². The first-order chi connectivity index (χ1) is 10.7. The van der Waals surface area contributed by atoms with Crippen molar-refractivity contribution in [3.63, 3.8) is 0 Å². The molecule has 0 amide bonds. The van der Waals surface area contributed by atoms with Gasteiger partial charge in [0.2, 0.25) is 11.8 Å². The number of fused-ring (bicyclic) bond motifs is 1. The highest BCUT2D eigenvalue weighted by Crippen LogP contribution is 2.70. The fourth-order valence-corrected chi connectivity index (χ4v) is 5.02. The SMILES string of the molecule is OCc1cccc(-n2c(O)c3c(c2O)[C@@H]2CC[C@H]3[C@H]3C[C@H]32)c1. The van der Waals surface area contributed by atoms with Crippen LogP contribution in [0.3, 0.4) is 0 Å². The Morgan fingerprint density at radius 2 is 1.64 bits per heavy atom. The summed E-state index contributed by atoms with van der Waals surface area (Å²) < 4.78 is 1.56. The molecule has 3 N–H and O–H groups in total. The maximum Gasteiger partial charge on any atom is 0.202 e. The van der Waals surface area contributed by atoms with E-state index in [9.17, 15) is 15.3 Å². The second-order valence-corrected chi connectivity index (χ2v) is 6.99. The molecular formula is C18H19NO3. The average Bonchev–Trinajstić information content (AvgIpc) is 3.32. The molecule has 2 aromatic rings. The van der Waals surface area contributed by atoms with E-state index in [1.807, 2.05) is 24.3 Å². The Hall–Kier alpha value is -1.94. The van der Waals surface area contributed by atoms with Crippen molar-refractivity contribution < 1.29 is 15.3 Å². The molecule has 1 aromatic carbocycles. The smallest absolute Gasteiger partial charge is 0.202 e. The second-order valence-electron chi connectivity index (χ2n) is 6.99. The van der Waals surface area contributed by atoms with Crippen LogP contribution in [-0.4, -0.2) is 19.9 Å². The predicted octanol–water partition coefficient (Wildman–Crippen LogP) is 2.99. The zero-order valence-corrected chi connectivity index (χ0v) is 12.2. The molecule has 0 spiro atoms. The van der Waals surface area contributed by atoms with Gasteiger partial charge in [0.25, 0.3) is 0 Å². The van der Waals surface area contributed by atoms with Gasteiger partial charge in [0.05, 0.1) is 12.3 Å². The Balaban J connectivity index is 1.73. The molecule has 0 radical (unpaired) electrons. The monoisotopic (exact) mass is 297 g/mol. The normalized spacial score (nSPS) is 31.0. The summed E-state index contributed by atoms with van der Waals surface area (Å²) in [6.45, 7) is -0.0499. The van der Waals surface area contributed by atoms with Crippen molar-refractivity contribution in [2.45, 2.75) is 37.7 Å². The molecule has 1 aromatic heterocycles. The molecule has 4 atom stereocenters. The van der Waals surface area contributed by atoms with Gasteiger partial charge < -0.3 is 15.3 Å². The van der Waals surface area contributed by atoms with E-state index < -0.39 is 0 Å². The van der Waals surface area contributed by atoms with Crippen LogP contribution in [0.1, 0.15) is 47.8 Å². The fourth-order valence-electron chi connectivity index (χ4n) is 5.02. The van der Waals surface area contributed by atoms with Crippen molar-refractivity contribution in [1.82, 2.24) is 4.57 Å². The van der Waals surface area contributed by atoms with Crippen molar-refractivity contribution in [2.24, 2.45) is 11.8 Å². The molecule has 114 valence electrons. The van der Waals surface area contributed by atoms with Gasteiger partial charge in [-0.25, -0.2) is 0 Å². The van der Waals surface area contributed by atoms with Crippen LogP contribution in [0.25, 0.3) is 5.69 Å². The first-order valence-corrected chi connectivity index (χ1v) is 8.07. The number of aliphatic hydroxyl groups is 1. The molecule has 4 aliphatic rings. The lowest BCUT2D eigenvalue weighted by Gasteiger charge is -2.35. The first-order valence-electron chi connectivity index (χ1n) is 8.07. The fraction of sp³-hybridized carbons (Fsp3) is 0.444. The second kappa shape index (κ2) is 4.07. The van der Waals surface area contributed by atoms with E-state index in [1.165, 1.54) is 6.42 Å². The molecule has 4 nitrogen and oxygen atoms in total. The van der Waals surface area contributed by atoms with Crippen LogP contribution >= 0.6 is 0 Å². The summed E-state index contributed by atoms with van der Waals surface area (Å²) in [7, 11) is 0. The van der Waals surface area contributed by atoms with Crippen LogP contribution < -0.4 is 0 Å². The van der Waals surface area contributed by atoms with Crippen molar-refractivity contribution in [2.75, 3.05) is 0 Å². The maximum atomic E-state index is 10.8. The number of aliphatic hydroxyl groups excluding tert-OH is 1. The number of benzene rings is 1. The van der Waals surface area contributed by atoms with E-state index in [4.69, 9.17) is 0 Å². The number of rotatable bonds is 2. The molecule has 22 heavy (non-hydrogen) atoms. The standard InChI is InChI=1S/C18H19NO3/c20-8-9-2-1-3-10(6-9)19-17(21)15-11-4-5-12(14-7-13(11)14)16(15)18(19)22/h1-3,6,11-14,20-22H,4-5,7-8H2/t11-,12+,13+,14-. The lowest BCUT2D eigenvalue weighted by Crippen LogP contribution is -2.22. The minimum atomic E-state index is -0.0499. The highest BCUT2D eigenvalue weighted by Gasteiger charge is 2.58. The molecule has 2 fully saturated rings. The zero-order chi connectivity index (χ0) is 15.0. The Labute approximate surface area is 128 Å². The van der Waals surface area contributed by atoms with Gasteiger partial charge in [-0.05, 0) is 60.6 Å². The van der Waals surface area contributed by atoms with Crippen LogP contribution in [0.5, 0.6) is 11.8 Å². The number of aromatic nitrogens is 1. The Morgan fingerprint density at radius 1 is 1.00 bits per heavy atom. The number of hydrogen-bond donors (Lipinski definition) is 3. The summed E-state index contributed by atoms with van der Waals surface area (Å²) in [5.74, 6) is 2.66. The summed E-state index contributed by atoms with van der Waals surface area (Å²) in [5, 5.41) is 30.9. The minimum Gasteiger partial charge on any atom is -0.494 e. The summed E-state index contributed by atoms with van der Waals surface area (Å²) in [4.78, 5) is 0. The summed E-state index contributed by atoms with van der Waals surface area (Å²) in [6, 6.07) is 7.34. The van der Waals surface area contributed by atoms with E-state index >= 15 is 0 Å². The molecule has 1 heterocycles. The molecule has 6 rings (SSSR count). The van der Waals surface area contributed by atoms with Crippen molar-refractivity contribution >= 4 is 0 Å². The van der Waals surface area contributed by atoms with E-state index in [1.54, 1.807) is 4.57 Å². The molecule has 0 saturated heterocycles. The zero-order valence-electron chi connectivity index (χ0n) is 12.2. The Bertz CT molecular complexity index is 739. The molecule has 4 heteroatoms. The van der Waals surface area contributed by atoms with E-state index in [2.05, 4.69) is 0 Å². The van der Waals surface area contributed by atoms with Crippen LogP contribution in [-0.2, 0) is 6.61 Å². The lowest BCUT2D eigenvalue weighted by atomic mass is 9.68.